The van der Waals surface area contributed by atoms with E-state index in [2.05, 4.69) is 5.32 Å². The third-order valence-corrected chi connectivity index (χ3v) is 4.77. The highest BCUT2D eigenvalue weighted by Crippen LogP contribution is 2.31. The predicted molar refractivity (Wildman–Crippen MR) is 98.9 cm³/mol. The predicted octanol–water partition coefficient (Wildman–Crippen LogP) is 3.27. The summed E-state index contributed by atoms with van der Waals surface area (Å²) in [5.41, 5.74) is 0.687. The molecule has 0 radical (unpaired) electrons. The molecule has 0 aliphatic carbocycles. The van der Waals surface area contributed by atoms with Crippen molar-refractivity contribution in [2.75, 3.05) is 13.2 Å². The van der Waals surface area contributed by atoms with Crippen LogP contribution in [0.15, 0.2) is 28.7 Å². The molecule has 2 amide bonds. The minimum absolute atomic E-state index is 0.0397. The van der Waals surface area contributed by atoms with Crippen LogP contribution in [0, 0.1) is 5.92 Å². The highest BCUT2D eigenvalue weighted by Gasteiger charge is 2.36. The number of para-hydroxylation sites is 1. The molecule has 3 rings (SSSR count). The van der Waals surface area contributed by atoms with Crippen LogP contribution in [0.3, 0.4) is 0 Å². The number of furan rings is 1. The average molecular weight is 358 g/mol. The van der Waals surface area contributed by atoms with Gasteiger partial charge in [-0.15, -0.1) is 0 Å². The van der Waals surface area contributed by atoms with E-state index >= 15 is 0 Å². The molecule has 1 aromatic carbocycles. The topological polar surface area (TPSA) is 71.8 Å². The molecule has 1 fully saturated rings. The number of amides is 2. The molecule has 2 aromatic rings. The van der Waals surface area contributed by atoms with Crippen LogP contribution in [0.1, 0.15) is 45.9 Å². The summed E-state index contributed by atoms with van der Waals surface area (Å²) in [6, 6.07) is 7.49. The quantitative estimate of drug-likeness (QED) is 0.860. The van der Waals surface area contributed by atoms with Gasteiger partial charge in [0.2, 0.25) is 11.8 Å². The lowest BCUT2D eigenvalue weighted by molar-refractivity contribution is -0.130. The average Bonchev–Trinajstić information content (AvgIpc) is 3.19. The highest BCUT2D eigenvalue weighted by molar-refractivity contribution is 5.89. The van der Waals surface area contributed by atoms with Crippen LogP contribution in [0.5, 0.6) is 5.75 Å². The summed E-state index contributed by atoms with van der Waals surface area (Å²) in [4.78, 5) is 26.3. The molecule has 0 spiro atoms. The second-order valence-electron chi connectivity index (χ2n) is 7.03. The zero-order valence-electron chi connectivity index (χ0n) is 15.7. The van der Waals surface area contributed by atoms with E-state index in [0.29, 0.717) is 30.2 Å². The normalized spacial score (nSPS) is 18.6. The van der Waals surface area contributed by atoms with Crippen molar-refractivity contribution >= 4 is 22.8 Å². The van der Waals surface area contributed by atoms with E-state index in [1.165, 1.54) is 0 Å². The summed E-state index contributed by atoms with van der Waals surface area (Å²) in [5.74, 6) is 0.988. The first-order valence-electron chi connectivity index (χ1n) is 9.15. The van der Waals surface area contributed by atoms with Gasteiger partial charge in [0.15, 0.2) is 11.3 Å². The van der Waals surface area contributed by atoms with Crippen molar-refractivity contribution in [2.24, 2.45) is 5.92 Å². The van der Waals surface area contributed by atoms with E-state index in [9.17, 15) is 9.59 Å². The number of carbonyl (C=O) groups excluding carboxylic acids is 2. The molecule has 1 aliphatic heterocycles. The Labute approximate surface area is 153 Å². The maximum Gasteiger partial charge on any atom is 0.226 e. The minimum atomic E-state index is -0.310. The van der Waals surface area contributed by atoms with E-state index in [-0.39, 0.29) is 36.2 Å². The van der Waals surface area contributed by atoms with Gasteiger partial charge in [0, 0.05) is 24.4 Å². The Kier molecular flexibility index (Phi) is 5.20. The Morgan fingerprint density at radius 1 is 1.38 bits per heavy atom. The number of ether oxygens (including phenoxy) is 1. The lowest BCUT2D eigenvalue weighted by Gasteiger charge is -2.21. The van der Waals surface area contributed by atoms with E-state index in [1.54, 1.807) is 4.90 Å². The maximum atomic E-state index is 12.6. The number of nitrogens with zero attached hydrogens (tertiary/aromatic N) is 1. The molecule has 1 aromatic heterocycles. The van der Waals surface area contributed by atoms with Crippen molar-refractivity contribution in [3.63, 3.8) is 0 Å². The first-order valence-corrected chi connectivity index (χ1v) is 9.15. The second-order valence-corrected chi connectivity index (χ2v) is 7.03. The summed E-state index contributed by atoms with van der Waals surface area (Å²) < 4.78 is 11.5. The van der Waals surface area contributed by atoms with Crippen LogP contribution in [-0.2, 0) is 9.59 Å². The third kappa shape index (κ3) is 3.54. The van der Waals surface area contributed by atoms with Crippen molar-refractivity contribution < 1.29 is 18.7 Å². The minimum Gasteiger partial charge on any atom is -0.490 e. The summed E-state index contributed by atoms with van der Waals surface area (Å²) in [7, 11) is 0. The van der Waals surface area contributed by atoms with Gasteiger partial charge in [-0.25, -0.2) is 0 Å². The molecule has 6 nitrogen and oxygen atoms in total. The van der Waals surface area contributed by atoms with E-state index in [0.717, 1.165) is 5.39 Å². The van der Waals surface area contributed by atoms with Gasteiger partial charge < -0.3 is 19.4 Å². The summed E-state index contributed by atoms with van der Waals surface area (Å²) in [5, 5.41) is 3.92. The van der Waals surface area contributed by atoms with E-state index in [4.69, 9.17) is 9.15 Å². The molecular formula is C20H26N2O4. The van der Waals surface area contributed by atoms with Gasteiger partial charge in [-0.1, -0.05) is 12.1 Å². The number of nitrogens with one attached hydrogen (secondary N) is 1. The Morgan fingerprint density at radius 2 is 2.15 bits per heavy atom. The molecule has 0 saturated carbocycles. The third-order valence-electron chi connectivity index (χ3n) is 4.77. The molecule has 140 valence electrons. The summed E-state index contributed by atoms with van der Waals surface area (Å²) >= 11 is 0. The summed E-state index contributed by atoms with van der Waals surface area (Å²) in [6.07, 6.45) is 0.269. The number of fused-ring (bicyclic) bond motifs is 1. The van der Waals surface area contributed by atoms with Gasteiger partial charge >= 0.3 is 0 Å². The van der Waals surface area contributed by atoms with Crippen LogP contribution in [-0.4, -0.2) is 35.9 Å². The Morgan fingerprint density at radius 3 is 2.81 bits per heavy atom. The number of hydrogen-bond acceptors (Lipinski definition) is 4. The van der Waals surface area contributed by atoms with Crippen molar-refractivity contribution in [1.82, 2.24) is 10.2 Å². The molecule has 2 atom stereocenters. The molecule has 1 saturated heterocycles. The Bertz CT molecular complexity index is 811. The zero-order chi connectivity index (χ0) is 18.8. The smallest absolute Gasteiger partial charge is 0.226 e. The summed E-state index contributed by atoms with van der Waals surface area (Å²) in [6.45, 7) is 8.77. The zero-order valence-corrected chi connectivity index (χ0v) is 15.7. The molecule has 1 N–H and O–H groups in total. The fourth-order valence-electron chi connectivity index (χ4n) is 3.35. The fourth-order valence-corrected chi connectivity index (χ4v) is 3.35. The number of carbonyl (C=O) groups is 2. The number of rotatable bonds is 6. The van der Waals surface area contributed by atoms with Gasteiger partial charge in [-0.05, 0) is 39.8 Å². The molecule has 6 heteroatoms. The number of hydrogen-bond donors (Lipinski definition) is 1. The van der Waals surface area contributed by atoms with Gasteiger partial charge in [0.25, 0.3) is 0 Å². The first kappa shape index (κ1) is 18.3. The van der Waals surface area contributed by atoms with Crippen molar-refractivity contribution in [1.29, 1.82) is 0 Å². The highest BCUT2D eigenvalue weighted by atomic mass is 16.5. The van der Waals surface area contributed by atoms with Crippen LogP contribution in [0.2, 0.25) is 0 Å². The largest absolute Gasteiger partial charge is 0.490 e. The molecule has 0 unspecified atom stereocenters. The first-order chi connectivity index (χ1) is 12.4. The Hall–Kier alpha value is -2.50. The van der Waals surface area contributed by atoms with Gasteiger partial charge in [0.05, 0.1) is 18.6 Å². The van der Waals surface area contributed by atoms with E-state index in [1.807, 2.05) is 52.0 Å². The molecule has 26 heavy (non-hydrogen) atoms. The number of likely N-dealkylation sites (tertiary alicyclic amines) is 1. The molecular weight excluding hydrogens is 332 g/mol. The van der Waals surface area contributed by atoms with Crippen LogP contribution < -0.4 is 10.1 Å². The van der Waals surface area contributed by atoms with Gasteiger partial charge in [0.1, 0.15) is 5.76 Å². The Balaban J connectivity index is 1.71. The lowest BCUT2D eigenvalue weighted by Crippen LogP contribution is -2.36. The fraction of sp³-hybridized carbons (Fsp3) is 0.500. The lowest BCUT2D eigenvalue weighted by atomic mass is 10.1. The monoisotopic (exact) mass is 358 g/mol. The molecule has 1 aliphatic rings. The number of benzene rings is 1. The van der Waals surface area contributed by atoms with Crippen molar-refractivity contribution in [3.8, 4) is 5.75 Å². The SMILES string of the molecule is CCOc1cccc2cc([C@H](C)NC(=O)[C@@H]3CC(=O)N(C(C)C)C3)oc12. The second kappa shape index (κ2) is 7.40. The van der Waals surface area contributed by atoms with Crippen molar-refractivity contribution in [2.45, 2.75) is 46.2 Å². The van der Waals surface area contributed by atoms with E-state index < -0.39 is 0 Å². The van der Waals surface area contributed by atoms with Crippen LogP contribution in [0.25, 0.3) is 11.0 Å². The molecule has 0 bridgehead atoms. The van der Waals surface area contributed by atoms with Crippen molar-refractivity contribution in [3.05, 3.63) is 30.0 Å². The molecule has 2 heterocycles. The standard InChI is InChI=1S/C20H26N2O4/c1-5-25-16-8-6-7-14-9-17(26-19(14)16)13(4)21-20(24)15-10-18(23)22(11-15)12(2)3/h6-9,12-13,15H,5,10-11H2,1-4H3,(H,21,24)/t13-,15+/m0/s1. The van der Waals surface area contributed by atoms with Crippen LogP contribution in [0.4, 0.5) is 0 Å². The van der Waals surface area contributed by atoms with Crippen LogP contribution >= 0.6 is 0 Å². The van der Waals surface area contributed by atoms with Gasteiger partial charge in [-0.2, -0.15) is 0 Å². The van der Waals surface area contributed by atoms with Gasteiger partial charge in [-0.3, -0.25) is 9.59 Å². The maximum absolute atomic E-state index is 12.6.